The first-order chi connectivity index (χ1) is 12.7. The lowest BCUT2D eigenvalue weighted by atomic mass is 10.2. The van der Waals surface area contributed by atoms with Gasteiger partial charge < -0.3 is 18.8 Å². The van der Waals surface area contributed by atoms with Gasteiger partial charge in [0.15, 0.2) is 5.76 Å². The summed E-state index contributed by atoms with van der Waals surface area (Å²) in [5.41, 5.74) is 2.73. The van der Waals surface area contributed by atoms with Gasteiger partial charge in [-0.15, -0.1) is 0 Å². The molecular formula is C18H17N5O3. The minimum atomic E-state index is -0.447. The van der Waals surface area contributed by atoms with Crippen LogP contribution in [0.4, 0.5) is 0 Å². The highest BCUT2D eigenvalue weighted by Gasteiger charge is 2.19. The largest absolute Gasteiger partial charge is 0.459 e. The van der Waals surface area contributed by atoms with Crippen molar-refractivity contribution in [3.63, 3.8) is 0 Å². The van der Waals surface area contributed by atoms with Gasteiger partial charge in [-0.2, -0.15) is 4.98 Å². The zero-order valence-electron chi connectivity index (χ0n) is 14.3. The van der Waals surface area contributed by atoms with Crippen LogP contribution in [0.15, 0.2) is 51.9 Å². The molecule has 4 rings (SSSR count). The normalized spacial score (nSPS) is 12.4. The van der Waals surface area contributed by atoms with Crippen LogP contribution in [0, 0.1) is 0 Å². The Morgan fingerprint density at radius 2 is 2.23 bits per heavy atom. The molecule has 3 heterocycles. The number of hydrogen-bond donors (Lipinski definition) is 1. The van der Waals surface area contributed by atoms with Gasteiger partial charge in [0.05, 0.1) is 23.6 Å². The minimum Gasteiger partial charge on any atom is -0.459 e. The van der Waals surface area contributed by atoms with E-state index < -0.39 is 6.04 Å². The third-order valence-electron chi connectivity index (χ3n) is 4.12. The summed E-state index contributed by atoms with van der Waals surface area (Å²) >= 11 is 0. The van der Waals surface area contributed by atoms with E-state index in [2.05, 4.69) is 31.9 Å². The molecule has 1 N–H and O–H groups in total. The number of benzene rings is 1. The fraction of sp³-hybridized carbons (Fsp3) is 0.222. The fourth-order valence-corrected chi connectivity index (χ4v) is 2.72. The number of amides is 1. The summed E-state index contributed by atoms with van der Waals surface area (Å²) in [6.45, 7) is 4.69. The number of rotatable bonds is 5. The second-order valence-corrected chi connectivity index (χ2v) is 5.86. The Morgan fingerprint density at radius 3 is 3.00 bits per heavy atom. The second-order valence-electron chi connectivity index (χ2n) is 5.86. The lowest BCUT2D eigenvalue weighted by Gasteiger charge is -2.07. The van der Waals surface area contributed by atoms with Crippen molar-refractivity contribution in [2.24, 2.45) is 0 Å². The van der Waals surface area contributed by atoms with Gasteiger partial charge >= 0.3 is 0 Å². The number of furan rings is 1. The van der Waals surface area contributed by atoms with Crippen molar-refractivity contribution in [3.8, 4) is 11.4 Å². The summed E-state index contributed by atoms with van der Waals surface area (Å²) < 4.78 is 12.4. The molecule has 1 atom stereocenters. The van der Waals surface area contributed by atoms with Gasteiger partial charge in [0.1, 0.15) is 6.04 Å². The Labute approximate surface area is 148 Å². The molecule has 0 aliphatic rings. The number of nitrogens with zero attached hydrogens (tertiary/aromatic N) is 4. The molecule has 0 saturated carbocycles. The van der Waals surface area contributed by atoms with Crippen LogP contribution in [0.3, 0.4) is 0 Å². The Balaban J connectivity index is 1.54. The van der Waals surface area contributed by atoms with E-state index in [9.17, 15) is 4.79 Å². The number of carbonyl (C=O) groups is 1. The first-order valence-electron chi connectivity index (χ1n) is 8.29. The summed E-state index contributed by atoms with van der Waals surface area (Å²) in [4.78, 5) is 20.8. The molecule has 1 amide bonds. The molecular weight excluding hydrogens is 334 g/mol. The van der Waals surface area contributed by atoms with Crippen LogP contribution in [0.5, 0.6) is 0 Å². The lowest BCUT2D eigenvalue weighted by molar-refractivity contribution is 0.0904. The maximum Gasteiger partial charge on any atom is 0.287 e. The fourth-order valence-electron chi connectivity index (χ4n) is 2.72. The topological polar surface area (TPSA) is 99.0 Å². The molecule has 132 valence electrons. The van der Waals surface area contributed by atoms with Gasteiger partial charge in [0.2, 0.25) is 11.7 Å². The molecule has 0 aliphatic carbocycles. The number of hydrogen-bond acceptors (Lipinski definition) is 6. The predicted molar refractivity (Wildman–Crippen MR) is 93.3 cm³/mol. The number of imidazole rings is 1. The second kappa shape index (κ2) is 6.47. The lowest BCUT2D eigenvalue weighted by Crippen LogP contribution is -2.26. The molecule has 3 aromatic heterocycles. The Bertz CT molecular complexity index is 1050. The number of nitrogens with one attached hydrogen (secondary N) is 1. The van der Waals surface area contributed by atoms with E-state index >= 15 is 0 Å². The average Bonchev–Trinajstić information content (AvgIpc) is 3.40. The van der Waals surface area contributed by atoms with Crippen LogP contribution in [-0.4, -0.2) is 25.6 Å². The van der Waals surface area contributed by atoms with Crippen molar-refractivity contribution in [2.45, 2.75) is 26.4 Å². The smallest absolute Gasteiger partial charge is 0.287 e. The number of aromatic nitrogens is 4. The first-order valence-corrected chi connectivity index (χ1v) is 8.29. The maximum absolute atomic E-state index is 12.0. The first kappa shape index (κ1) is 16.1. The number of aryl methyl sites for hydroxylation is 1. The van der Waals surface area contributed by atoms with E-state index in [1.807, 2.05) is 24.5 Å². The number of carbonyl (C=O) groups excluding carboxylic acids is 1. The minimum absolute atomic E-state index is 0.230. The third-order valence-corrected chi connectivity index (χ3v) is 4.12. The van der Waals surface area contributed by atoms with Crippen LogP contribution in [0.25, 0.3) is 22.4 Å². The van der Waals surface area contributed by atoms with Crippen LogP contribution in [0.2, 0.25) is 0 Å². The SMILES string of the molecule is CCn1cnc2cc(-c3noc(C(C)NC(=O)c4ccco4)n3)ccc21. The molecule has 0 aliphatic heterocycles. The Morgan fingerprint density at radius 1 is 1.35 bits per heavy atom. The predicted octanol–water partition coefficient (Wildman–Crippen LogP) is 3.19. The van der Waals surface area contributed by atoms with Crippen molar-refractivity contribution in [2.75, 3.05) is 0 Å². The zero-order valence-corrected chi connectivity index (χ0v) is 14.3. The Kier molecular flexibility index (Phi) is 4.00. The van der Waals surface area contributed by atoms with E-state index in [1.165, 1.54) is 6.26 Å². The van der Waals surface area contributed by atoms with Gasteiger partial charge in [-0.3, -0.25) is 4.79 Å². The quantitative estimate of drug-likeness (QED) is 0.593. The van der Waals surface area contributed by atoms with Gasteiger partial charge in [-0.25, -0.2) is 4.98 Å². The summed E-state index contributed by atoms with van der Waals surface area (Å²) in [6.07, 6.45) is 3.25. The molecule has 1 unspecified atom stereocenters. The summed E-state index contributed by atoms with van der Waals surface area (Å²) in [6, 6.07) is 8.63. The highest BCUT2D eigenvalue weighted by atomic mass is 16.5. The van der Waals surface area contributed by atoms with Crippen molar-refractivity contribution >= 4 is 16.9 Å². The van der Waals surface area contributed by atoms with Crippen molar-refractivity contribution in [1.82, 2.24) is 25.0 Å². The molecule has 0 spiro atoms. The van der Waals surface area contributed by atoms with Crippen LogP contribution < -0.4 is 5.32 Å². The van der Waals surface area contributed by atoms with E-state index in [1.54, 1.807) is 19.1 Å². The van der Waals surface area contributed by atoms with Crippen LogP contribution in [0.1, 0.15) is 36.3 Å². The molecule has 0 bridgehead atoms. The van der Waals surface area contributed by atoms with Gasteiger partial charge in [0, 0.05) is 12.1 Å². The summed E-state index contributed by atoms with van der Waals surface area (Å²) in [5.74, 6) is 0.661. The molecule has 4 aromatic rings. The molecule has 0 radical (unpaired) electrons. The van der Waals surface area contributed by atoms with Gasteiger partial charge in [0.25, 0.3) is 5.91 Å². The van der Waals surface area contributed by atoms with E-state index in [4.69, 9.17) is 8.94 Å². The highest BCUT2D eigenvalue weighted by Crippen LogP contribution is 2.23. The standard InChI is InChI=1S/C18H17N5O3/c1-3-23-10-19-13-9-12(6-7-14(13)23)16-21-18(26-22-16)11(2)20-17(24)15-5-4-8-25-15/h4-11H,3H2,1-2H3,(H,20,24). The molecule has 0 fully saturated rings. The van der Waals surface area contributed by atoms with Crippen molar-refractivity contribution in [1.29, 1.82) is 0 Å². The van der Waals surface area contributed by atoms with E-state index in [0.717, 1.165) is 23.1 Å². The molecule has 1 aromatic carbocycles. The van der Waals surface area contributed by atoms with Crippen molar-refractivity contribution < 1.29 is 13.7 Å². The monoisotopic (exact) mass is 351 g/mol. The molecule has 8 nitrogen and oxygen atoms in total. The van der Waals surface area contributed by atoms with E-state index in [-0.39, 0.29) is 11.7 Å². The highest BCUT2D eigenvalue weighted by molar-refractivity contribution is 5.91. The molecule has 0 saturated heterocycles. The average molecular weight is 351 g/mol. The summed E-state index contributed by atoms with van der Waals surface area (Å²) in [5, 5.41) is 6.78. The zero-order chi connectivity index (χ0) is 18.1. The van der Waals surface area contributed by atoms with Gasteiger partial charge in [-0.1, -0.05) is 5.16 Å². The number of fused-ring (bicyclic) bond motifs is 1. The van der Waals surface area contributed by atoms with Crippen LogP contribution in [-0.2, 0) is 6.54 Å². The van der Waals surface area contributed by atoms with Gasteiger partial charge in [-0.05, 0) is 44.2 Å². The maximum atomic E-state index is 12.0. The molecule has 8 heteroatoms. The molecule has 26 heavy (non-hydrogen) atoms. The van der Waals surface area contributed by atoms with Crippen LogP contribution >= 0.6 is 0 Å². The Hall–Kier alpha value is -3.42. The third kappa shape index (κ3) is 2.85. The summed E-state index contributed by atoms with van der Waals surface area (Å²) in [7, 11) is 0. The van der Waals surface area contributed by atoms with Crippen molar-refractivity contribution in [3.05, 3.63) is 54.6 Å². The van der Waals surface area contributed by atoms with E-state index in [0.29, 0.717) is 11.7 Å².